The van der Waals surface area contributed by atoms with Gasteiger partial charge in [-0.05, 0) is 33.1 Å². The number of nitrogens with one attached hydrogen (secondary N) is 2. The molecule has 0 aromatic carbocycles. The molecule has 3 aliphatic heterocycles. The lowest BCUT2D eigenvalue weighted by molar-refractivity contribution is -0.0115. The fourth-order valence-corrected chi connectivity index (χ4v) is 4.59. The van der Waals surface area contributed by atoms with Crippen molar-refractivity contribution in [3.05, 3.63) is 39.1 Å². The van der Waals surface area contributed by atoms with Crippen molar-refractivity contribution >= 4 is 11.9 Å². The van der Waals surface area contributed by atoms with Crippen molar-refractivity contribution in [2.75, 3.05) is 31.1 Å². The van der Waals surface area contributed by atoms with Crippen LogP contribution < -0.4 is 10.5 Å². The van der Waals surface area contributed by atoms with Gasteiger partial charge in [-0.1, -0.05) is 0 Å². The topological polar surface area (TPSA) is 107 Å². The van der Waals surface area contributed by atoms with Crippen LogP contribution in [0, 0.1) is 0 Å². The van der Waals surface area contributed by atoms with Gasteiger partial charge < -0.3 is 14.5 Å². The van der Waals surface area contributed by atoms with Gasteiger partial charge in [-0.15, -0.1) is 0 Å². The van der Waals surface area contributed by atoms with Gasteiger partial charge in [0.1, 0.15) is 5.60 Å². The fraction of sp³-hybridized carbons (Fsp3) is 0.600. The number of ether oxygens (including phenoxy) is 1. The second kappa shape index (κ2) is 6.69. The molecule has 0 spiro atoms. The van der Waals surface area contributed by atoms with E-state index in [4.69, 9.17) is 9.72 Å². The number of fused-ring (bicyclic) bond motifs is 1. The molecule has 2 saturated heterocycles. The monoisotopic (exact) mass is 398 g/mol. The molecule has 29 heavy (non-hydrogen) atoms. The zero-order valence-electron chi connectivity index (χ0n) is 16.8. The van der Waals surface area contributed by atoms with Crippen molar-refractivity contribution in [3.8, 4) is 0 Å². The smallest absolute Gasteiger partial charge is 0.274 e. The van der Waals surface area contributed by atoms with Crippen molar-refractivity contribution < 1.29 is 9.53 Å². The SMILES string of the molecule is CC1(C)OCc2c(C(=O)N3CCC(c4cc(=O)[nH]c(N5CCCC5)n4)C3)n[nH]c21. The summed E-state index contributed by atoms with van der Waals surface area (Å²) in [5.41, 5.74) is 2.36. The third kappa shape index (κ3) is 3.13. The average Bonchev–Trinajstić information content (AvgIpc) is 3.47. The highest BCUT2D eigenvalue weighted by atomic mass is 16.5. The maximum Gasteiger partial charge on any atom is 0.274 e. The maximum absolute atomic E-state index is 13.1. The highest BCUT2D eigenvalue weighted by Crippen LogP contribution is 2.36. The molecule has 1 amide bonds. The van der Waals surface area contributed by atoms with Crippen LogP contribution in [-0.4, -0.2) is 57.2 Å². The molecule has 2 aromatic rings. The van der Waals surface area contributed by atoms with Crippen LogP contribution >= 0.6 is 0 Å². The quantitative estimate of drug-likeness (QED) is 0.811. The Hall–Kier alpha value is -2.68. The molecule has 154 valence electrons. The van der Waals surface area contributed by atoms with Crippen LogP contribution in [-0.2, 0) is 16.9 Å². The molecular formula is C20H26N6O3. The van der Waals surface area contributed by atoms with Crippen LogP contribution in [0.3, 0.4) is 0 Å². The lowest BCUT2D eigenvalue weighted by atomic mass is 10.0. The Morgan fingerprint density at radius 2 is 2.07 bits per heavy atom. The molecule has 5 heterocycles. The second-order valence-electron chi connectivity index (χ2n) is 8.65. The van der Waals surface area contributed by atoms with Crippen LogP contribution in [0.1, 0.15) is 66.5 Å². The van der Waals surface area contributed by atoms with Crippen LogP contribution in [0.4, 0.5) is 5.95 Å². The van der Waals surface area contributed by atoms with Crippen molar-refractivity contribution in [2.24, 2.45) is 0 Å². The summed E-state index contributed by atoms with van der Waals surface area (Å²) in [4.78, 5) is 36.8. The summed E-state index contributed by atoms with van der Waals surface area (Å²) in [5, 5.41) is 7.27. The number of carbonyl (C=O) groups is 1. The number of nitrogens with zero attached hydrogens (tertiary/aromatic N) is 4. The van der Waals surface area contributed by atoms with Gasteiger partial charge in [0.05, 0.1) is 18.0 Å². The van der Waals surface area contributed by atoms with E-state index in [1.807, 2.05) is 18.7 Å². The summed E-state index contributed by atoms with van der Waals surface area (Å²) in [6, 6.07) is 1.57. The molecule has 9 nitrogen and oxygen atoms in total. The summed E-state index contributed by atoms with van der Waals surface area (Å²) in [7, 11) is 0. The summed E-state index contributed by atoms with van der Waals surface area (Å²) in [5.74, 6) is 0.623. The van der Waals surface area contributed by atoms with E-state index < -0.39 is 5.60 Å². The van der Waals surface area contributed by atoms with Gasteiger partial charge >= 0.3 is 0 Å². The Kier molecular flexibility index (Phi) is 4.23. The van der Waals surface area contributed by atoms with Gasteiger partial charge in [-0.3, -0.25) is 19.7 Å². The number of amides is 1. The molecular weight excluding hydrogens is 372 g/mol. The summed E-state index contributed by atoms with van der Waals surface area (Å²) in [6.45, 7) is 7.34. The lowest BCUT2D eigenvalue weighted by Gasteiger charge is -2.18. The number of H-pyrrole nitrogens is 2. The summed E-state index contributed by atoms with van der Waals surface area (Å²) >= 11 is 0. The van der Waals surface area contributed by atoms with Crippen LogP contribution in [0.25, 0.3) is 0 Å². The van der Waals surface area contributed by atoms with Crippen molar-refractivity contribution in [1.82, 2.24) is 25.1 Å². The van der Waals surface area contributed by atoms with Crippen LogP contribution in [0.15, 0.2) is 10.9 Å². The molecule has 2 N–H and O–H groups in total. The van der Waals surface area contributed by atoms with Gasteiger partial charge in [-0.2, -0.15) is 5.10 Å². The van der Waals surface area contributed by atoms with E-state index in [2.05, 4.69) is 20.1 Å². The second-order valence-corrected chi connectivity index (χ2v) is 8.65. The minimum atomic E-state index is -0.449. The van der Waals surface area contributed by atoms with Crippen LogP contribution in [0.5, 0.6) is 0 Å². The van der Waals surface area contributed by atoms with E-state index in [0.717, 1.165) is 49.3 Å². The van der Waals surface area contributed by atoms with E-state index >= 15 is 0 Å². The number of hydrogen-bond acceptors (Lipinski definition) is 6. The van der Waals surface area contributed by atoms with Gasteiger partial charge in [0.25, 0.3) is 11.5 Å². The van der Waals surface area contributed by atoms with E-state index in [-0.39, 0.29) is 17.4 Å². The van der Waals surface area contributed by atoms with E-state index in [9.17, 15) is 9.59 Å². The third-order valence-electron chi connectivity index (χ3n) is 6.30. The highest BCUT2D eigenvalue weighted by Gasteiger charge is 2.39. The molecule has 0 aliphatic carbocycles. The number of likely N-dealkylation sites (tertiary alicyclic amines) is 1. The molecule has 0 bridgehead atoms. The maximum atomic E-state index is 13.1. The first-order valence-corrected chi connectivity index (χ1v) is 10.3. The number of anilines is 1. The Labute approximate surface area is 168 Å². The van der Waals surface area contributed by atoms with Gasteiger partial charge in [0.2, 0.25) is 5.95 Å². The Balaban J connectivity index is 1.35. The predicted octanol–water partition coefficient (Wildman–Crippen LogP) is 1.49. The number of hydrogen-bond donors (Lipinski definition) is 2. The van der Waals surface area contributed by atoms with Crippen molar-refractivity contribution in [3.63, 3.8) is 0 Å². The first-order chi connectivity index (χ1) is 13.9. The number of carbonyl (C=O) groups excluding carboxylic acids is 1. The van der Waals surface area contributed by atoms with E-state index in [1.165, 1.54) is 0 Å². The normalized spacial score (nSPS) is 23.0. The lowest BCUT2D eigenvalue weighted by Crippen LogP contribution is -2.30. The van der Waals surface area contributed by atoms with Crippen LogP contribution in [0.2, 0.25) is 0 Å². The molecule has 9 heteroatoms. The van der Waals surface area contributed by atoms with Gasteiger partial charge in [0, 0.05) is 43.7 Å². The summed E-state index contributed by atoms with van der Waals surface area (Å²) in [6.07, 6.45) is 3.03. The minimum Gasteiger partial charge on any atom is -0.364 e. The average molecular weight is 398 g/mol. The standard InChI is InChI=1S/C20H26N6O3/c1-20(2)17-13(11-29-20)16(23-24-17)18(28)26-8-5-12(10-26)14-9-15(27)22-19(21-14)25-6-3-4-7-25/h9,12H,3-8,10-11H2,1-2H3,(H,23,24)(H,21,22,27). The molecule has 1 atom stereocenters. The largest absolute Gasteiger partial charge is 0.364 e. The predicted molar refractivity (Wildman–Crippen MR) is 106 cm³/mol. The Bertz CT molecular complexity index is 1000. The van der Waals surface area contributed by atoms with E-state index in [1.54, 1.807) is 6.07 Å². The number of rotatable bonds is 3. The molecule has 2 fully saturated rings. The Morgan fingerprint density at radius 1 is 1.28 bits per heavy atom. The molecule has 1 unspecified atom stereocenters. The molecule has 0 saturated carbocycles. The van der Waals surface area contributed by atoms with Crippen molar-refractivity contribution in [2.45, 2.75) is 51.2 Å². The Morgan fingerprint density at radius 3 is 2.86 bits per heavy atom. The highest BCUT2D eigenvalue weighted by molar-refractivity contribution is 5.94. The zero-order valence-corrected chi connectivity index (χ0v) is 16.8. The first kappa shape index (κ1) is 18.4. The van der Waals surface area contributed by atoms with Crippen molar-refractivity contribution in [1.29, 1.82) is 0 Å². The molecule has 3 aliphatic rings. The van der Waals surface area contributed by atoms with Gasteiger partial charge in [0.15, 0.2) is 5.69 Å². The van der Waals surface area contributed by atoms with Gasteiger partial charge in [-0.25, -0.2) is 4.98 Å². The molecule has 0 radical (unpaired) electrons. The van der Waals surface area contributed by atoms with E-state index in [0.29, 0.717) is 31.3 Å². The number of aromatic nitrogens is 4. The third-order valence-corrected chi connectivity index (χ3v) is 6.30. The first-order valence-electron chi connectivity index (χ1n) is 10.3. The number of aromatic amines is 2. The molecule has 2 aromatic heterocycles. The zero-order chi connectivity index (χ0) is 20.2. The minimum absolute atomic E-state index is 0.0577. The fourth-order valence-electron chi connectivity index (χ4n) is 4.59. The summed E-state index contributed by atoms with van der Waals surface area (Å²) < 4.78 is 5.77. The molecule has 5 rings (SSSR count).